The summed E-state index contributed by atoms with van der Waals surface area (Å²) in [6, 6.07) is 34.7. The molecule has 0 aromatic heterocycles. The molecular weight excluding hydrogens is 428 g/mol. The van der Waals surface area contributed by atoms with E-state index in [9.17, 15) is 9.90 Å². The van der Waals surface area contributed by atoms with Gasteiger partial charge in [-0.3, -0.25) is 0 Å². The molecule has 0 saturated carbocycles. The second kappa shape index (κ2) is 10.4. The first-order valence-corrected chi connectivity index (χ1v) is 12.7. The summed E-state index contributed by atoms with van der Waals surface area (Å²) in [6.45, 7) is 2.19. The van der Waals surface area contributed by atoms with Gasteiger partial charge in [-0.15, -0.1) is 0 Å². The predicted molar refractivity (Wildman–Crippen MR) is 134 cm³/mol. The zero-order valence-corrected chi connectivity index (χ0v) is 19.5. The fraction of sp³-hybridized carbons (Fsp3) is 0.138. The first-order valence-electron chi connectivity index (χ1n) is 11.2. The maximum atomic E-state index is 13.4. The second-order valence-electron chi connectivity index (χ2n) is 7.82. The van der Waals surface area contributed by atoms with Crippen molar-refractivity contribution in [2.45, 2.75) is 40.9 Å². The largest absolute Gasteiger partial charge is 0.507 e. The van der Waals surface area contributed by atoms with Gasteiger partial charge in [-0.05, 0) is 77.2 Å². The molecule has 0 aliphatic heterocycles. The Morgan fingerprint density at radius 3 is 1.79 bits per heavy atom. The average Bonchev–Trinajstić information content (AvgIpc) is 2.87. The minimum absolute atomic E-state index is 0.0909. The summed E-state index contributed by atoms with van der Waals surface area (Å²) in [5.41, 5.74) is 1.42. The molecule has 33 heavy (non-hydrogen) atoms. The average molecular weight is 457 g/mol. The van der Waals surface area contributed by atoms with E-state index < -0.39 is 16.3 Å². The molecule has 0 aliphatic carbocycles. The maximum absolute atomic E-state index is 13.4. The number of phenolic OH excluding ortho intramolecular Hbond substituents is 1. The summed E-state index contributed by atoms with van der Waals surface area (Å²) in [5.74, 6) is -0.641. The SMILES string of the molecule is CCCCc1ccc(S(OC(=O)c2ccccc2O)(c2ccccc2)c2ccccc2)cc1. The van der Waals surface area contributed by atoms with Crippen LogP contribution in [0.1, 0.15) is 35.7 Å². The van der Waals surface area contributed by atoms with Crippen LogP contribution in [-0.2, 0) is 10.6 Å². The van der Waals surface area contributed by atoms with E-state index in [0.717, 1.165) is 33.9 Å². The highest BCUT2D eigenvalue weighted by atomic mass is 32.3. The van der Waals surface area contributed by atoms with Crippen LogP contribution in [0.15, 0.2) is 124 Å². The van der Waals surface area contributed by atoms with Gasteiger partial charge in [-0.25, -0.2) is 4.79 Å². The Morgan fingerprint density at radius 1 is 0.727 bits per heavy atom. The van der Waals surface area contributed by atoms with E-state index in [4.69, 9.17) is 4.18 Å². The van der Waals surface area contributed by atoms with Crippen LogP contribution in [0.4, 0.5) is 0 Å². The first kappa shape index (κ1) is 22.7. The minimum Gasteiger partial charge on any atom is -0.507 e. The number of hydrogen-bond acceptors (Lipinski definition) is 3. The topological polar surface area (TPSA) is 46.5 Å². The number of unbranched alkanes of at least 4 members (excludes halogenated alkanes) is 1. The number of phenols is 1. The molecule has 0 saturated heterocycles. The van der Waals surface area contributed by atoms with Crippen molar-refractivity contribution in [2.24, 2.45) is 0 Å². The van der Waals surface area contributed by atoms with Crippen molar-refractivity contribution < 1.29 is 14.1 Å². The van der Waals surface area contributed by atoms with E-state index in [1.807, 2.05) is 60.7 Å². The van der Waals surface area contributed by atoms with Crippen molar-refractivity contribution in [3.8, 4) is 5.75 Å². The molecule has 0 bridgehead atoms. The molecule has 4 rings (SSSR count). The van der Waals surface area contributed by atoms with Crippen molar-refractivity contribution in [1.82, 2.24) is 0 Å². The van der Waals surface area contributed by atoms with E-state index in [1.54, 1.807) is 18.2 Å². The van der Waals surface area contributed by atoms with E-state index >= 15 is 0 Å². The van der Waals surface area contributed by atoms with Crippen LogP contribution in [0, 0.1) is 0 Å². The zero-order valence-electron chi connectivity index (χ0n) is 18.7. The Morgan fingerprint density at radius 2 is 1.24 bits per heavy atom. The highest BCUT2D eigenvalue weighted by molar-refractivity contribution is 8.30. The van der Waals surface area contributed by atoms with Crippen molar-refractivity contribution in [1.29, 1.82) is 0 Å². The molecule has 0 fully saturated rings. The van der Waals surface area contributed by atoms with Crippen LogP contribution in [0.25, 0.3) is 0 Å². The molecule has 0 spiro atoms. The summed E-state index contributed by atoms with van der Waals surface area (Å²) < 4.78 is 6.47. The third kappa shape index (κ3) is 4.81. The normalized spacial score (nSPS) is 11.7. The molecule has 4 heteroatoms. The fourth-order valence-electron chi connectivity index (χ4n) is 3.81. The number of aryl methyl sites for hydroxylation is 1. The van der Waals surface area contributed by atoms with Gasteiger partial charge < -0.3 is 9.29 Å². The second-order valence-corrected chi connectivity index (χ2v) is 10.5. The molecule has 3 nitrogen and oxygen atoms in total. The number of hydrogen-bond donors (Lipinski definition) is 1. The fourth-order valence-corrected chi connectivity index (χ4v) is 6.83. The van der Waals surface area contributed by atoms with Gasteiger partial charge in [0.15, 0.2) is 0 Å². The summed E-state index contributed by atoms with van der Waals surface area (Å²) >= 11 is 0. The van der Waals surface area contributed by atoms with Gasteiger partial charge in [0.25, 0.3) is 0 Å². The third-order valence-corrected chi connectivity index (χ3v) is 8.76. The number of para-hydroxylation sites is 1. The van der Waals surface area contributed by atoms with Crippen LogP contribution in [0.3, 0.4) is 0 Å². The van der Waals surface area contributed by atoms with Gasteiger partial charge in [-0.2, -0.15) is 0 Å². The van der Waals surface area contributed by atoms with Crippen molar-refractivity contribution in [3.63, 3.8) is 0 Å². The van der Waals surface area contributed by atoms with Gasteiger partial charge in [0.05, 0.1) is 0 Å². The lowest BCUT2D eigenvalue weighted by Gasteiger charge is -2.39. The van der Waals surface area contributed by atoms with E-state index in [1.165, 1.54) is 11.6 Å². The molecule has 168 valence electrons. The standard InChI is InChI=1S/C29H28O3S/c1-2-3-12-23-19-21-26(22-20-23)33(24-13-6-4-7-14-24,25-15-8-5-9-16-25)32-29(31)27-17-10-11-18-28(27)30/h4-11,13-22,30H,2-3,12H2,1H3. The Labute approximate surface area is 197 Å². The van der Waals surface area contributed by atoms with Crippen molar-refractivity contribution in [3.05, 3.63) is 120 Å². The molecule has 0 unspecified atom stereocenters. The monoisotopic (exact) mass is 456 g/mol. The number of carbonyl (C=O) groups is 1. The van der Waals surface area contributed by atoms with Gasteiger partial charge >= 0.3 is 5.97 Å². The number of rotatable bonds is 8. The lowest BCUT2D eigenvalue weighted by Crippen LogP contribution is -2.14. The quantitative estimate of drug-likeness (QED) is 0.294. The molecule has 0 atom stereocenters. The van der Waals surface area contributed by atoms with Gasteiger partial charge in [0.1, 0.15) is 11.3 Å². The lowest BCUT2D eigenvalue weighted by atomic mass is 10.1. The molecule has 1 N–H and O–H groups in total. The Bertz CT molecular complexity index is 1150. The molecule has 0 amide bonds. The summed E-state index contributed by atoms with van der Waals surface area (Å²) in [6.07, 6.45) is 3.30. The van der Waals surface area contributed by atoms with Gasteiger partial charge in [0.2, 0.25) is 0 Å². The molecule has 0 heterocycles. The van der Waals surface area contributed by atoms with Crippen LogP contribution < -0.4 is 0 Å². The summed E-state index contributed by atoms with van der Waals surface area (Å²) in [7, 11) is -2.39. The Kier molecular flexibility index (Phi) is 7.16. The zero-order chi connectivity index (χ0) is 23.1. The highest BCUT2D eigenvalue weighted by Gasteiger charge is 2.36. The molecule has 0 aliphatic rings. The third-order valence-electron chi connectivity index (χ3n) is 5.55. The predicted octanol–water partition coefficient (Wildman–Crippen LogP) is 7.79. The highest BCUT2D eigenvalue weighted by Crippen LogP contribution is 2.69. The smallest absolute Gasteiger partial charge is 0.353 e. The van der Waals surface area contributed by atoms with Gasteiger partial charge in [0, 0.05) is 14.7 Å². The van der Waals surface area contributed by atoms with Crippen LogP contribution in [0.5, 0.6) is 5.75 Å². The lowest BCUT2D eigenvalue weighted by molar-refractivity contribution is 0.0754. The van der Waals surface area contributed by atoms with E-state index in [2.05, 4.69) is 31.2 Å². The van der Waals surface area contributed by atoms with Crippen molar-refractivity contribution >= 4 is 16.3 Å². The Balaban J connectivity index is 1.90. The minimum atomic E-state index is -2.39. The van der Waals surface area contributed by atoms with Crippen molar-refractivity contribution in [2.75, 3.05) is 0 Å². The number of benzene rings is 4. The van der Waals surface area contributed by atoms with E-state index in [-0.39, 0.29) is 11.3 Å². The summed E-state index contributed by atoms with van der Waals surface area (Å²) in [4.78, 5) is 16.2. The number of aromatic hydroxyl groups is 1. The first-order chi connectivity index (χ1) is 16.1. The molecule has 0 radical (unpaired) electrons. The van der Waals surface area contributed by atoms with E-state index in [0.29, 0.717) is 0 Å². The number of carbonyl (C=O) groups excluding carboxylic acids is 1. The molecular formula is C29H28O3S. The molecule has 4 aromatic rings. The Hall–Kier alpha value is -3.50. The van der Waals surface area contributed by atoms with Crippen LogP contribution in [-0.4, -0.2) is 11.1 Å². The summed E-state index contributed by atoms with van der Waals surface area (Å²) in [5, 5.41) is 10.3. The molecule has 4 aromatic carbocycles. The van der Waals surface area contributed by atoms with Crippen LogP contribution in [0.2, 0.25) is 0 Å². The van der Waals surface area contributed by atoms with Crippen LogP contribution >= 0.6 is 10.3 Å². The van der Waals surface area contributed by atoms with Gasteiger partial charge in [-0.1, -0.05) is 74.0 Å². The maximum Gasteiger partial charge on any atom is 0.353 e.